The van der Waals surface area contributed by atoms with Crippen molar-refractivity contribution >= 4 is 29.2 Å². The number of hydrogen-bond acceptors (Lipinski definition) is 4. The zero-order chi connectivity index (χ0) is 13.8. The summed E-state index contributed by atoms with van der Waals surface area (Å²) >= 11 is 5.79. The molecule has 5 nitrogen and oxygen atoms in total. The fourth-order valence-electron chi connectivity index (χ4n) is 1.48. The Morgan fingerprint density at radius 3 is 2.84 bits per heavy atom. The Hall–Kier alpha value is -2.06. The third kappa shape index (κ3) is 3.70. The molecule has 1 aromatic carbocycles. The number of carbonyl (C=O) groups excluding carboxylic acids is 2. The normalized spacial score (nSPS) is 13.5. The zero-order valence-corrected chi connectivity index (χ0v) is 10.7. The van der Waals surface area contributed by atoms with Gasteiger partial charge in [-0.2, -0.15) is 5.26 Å². The molecule has 0 unspecified atom stereocenters. The molecule has 6 heteroatoms. The van der Waals surface area contributed by atoms with Crippen LogP contribution in [0, 0.1) is 17.2 Å². The van der Waals surface area contributed by atoms with Gasteiger partial charge >= 0.3 is 5.97 Å². The first-order valence-electron chi connectivity index (χ1n) is 5.76. The minimum absolute atomic E-state index is 0.0476. The number of halogens is 1. The average molecular weight is 279 g/mol. The van der Waals surface area contributed by atoms with Gasteiger partial charge in [0.1, 0.15) is 6.07 Å². The number of esters is 1. The van der Waals surface area contributed by atoms with Gasteiger partial charge < -0.3 is 10.1 Å². The summed E-state index contributed by atoms with van der Waals surface area (Å²) in [7, 11) is 0. The van der Waals surface area contributed by atoms with Crippen LogP contribution in [0.3, 0.4) is 0 Å². The minimum Gasteiger partial charge on any atom is -0.455 e. The van der Waals surface area contributed by atoms with Crippen LogP contribution >= 0.6 is 11.6 Å². The molecule has 1 aliphatic rings. The first kappa shape index (κ1) is 13.4. The number of hydrogen-bond donors (Lipinski definition) is 1. The predicted octanol–water partition coefficient (Wildman–Crippen LogP) is 2.10. The summed E-state index contributed by atoms with van der Waals surface area (Å²) in [6, 6.07) is 6.48. The van der Waals surface area contributed by atoms with Crippen molar-refractivity contribution in [1.29, 1.82) is 5.26 Å². The Labute approximate surface area is 115 Å². The predicted molar refractivity (Wildman–Crippen MR) is 68.5 cm³/mol. The molecule has 1 saturated carbocycles. The van der Waals surface area contributed by atoms with Crippen LogP contribution < -0.4 is 5.32 Å². The number of nitrogens with one attached hydrogen (secondary N) is 1. The Bertz CT molecular complexity index is 561. The van der Waals surface area contributed by atoms with Gasteiger partial charge in [-0.25, -0.2) is 0 Å². The summed E-state index contributed by atoms with van der Waals surface area (Å²) < 4.78 is 4.84. The van der Waals surface area contributed by atoms with Gasteiger partial charge in [-0.1, -0.05) is 11.6 Å². The van der Waals surface area contributed by atoms with Crippen molar-refractivity contribution in [2.24, 2.45) is 5.92 Å². The third-order valence-electron chi connectivity index (χ3n) is 2.63. The van der Waals surface area contributed by atoms with Crippen molar-refractivity contribution < 1.29 is 14.3 Å². The van der Waals surface area contributed by atoms with E-state index < -0.39 is 5.91 Å². The van der Waals surface area contributed by atoms with Gasteiger partial charge in [-0.3, -0.25) is 9.59 Å². The summed E-state index contributed by atoms with van der Waals surface area (Å²) in [5.41, 5.74) is 0.605. The highest BCUT2D eigenvalue weighted by atomic mass is 35.5. The maximum atomic E-state index is 11.6. The van der Waals surface area contributed by atoms with Crippen molar-refractivity contribution in [1.82, 2.24) is 0 Å². The van der Waals surface area contributed by atoms with E-state index in [9.17, 15) is 9.59 Å². The second-order valence-corrected chi connectivity index (χ2v) is 4.67. The van der Waals surface area contributed by atoms with E-state index in [4.69, 9.17) is 21.6 Å². The Balaban J connectivity index is 1.92. The van der Waals surface area contributed by atoms with Gasteiger partial charge in [0.05, 0.1) is 17.2 Å². The maximum Gasteiger partial charge on any atom is 0.309 e. The van der Waals surface area contributed by atoms with Crippen LogP contribution in [-0.4, -0.2) is 18.5 Å². The van der Waals surface area contributed by atoms with Crippen LogP contribution in [-0.2, 0) is 14.3 Å². The first-order chi connectivity index (χ1) is 9.10. The van der Waals surface area contributed by atoms with Gasteiger partial charge in [0.2, 0.25) is 0 Å². The smallest absolute Gasteiger partial charge is 0.309 e. The van der Waals surface area contributed by atoms with Crippen molar-refractivity contribution in [2.75, 3.05) is 11.9 Å². The lowest BCUT2D eigenvalue weighted by atomic mass is 10.2. The second-order valence-electron chi connectivity index (χ2n) is 4.23. The molecule has 0 bridgehead atoms. The molecule has 0 radical (unpaired) electrons. The highest BCUT2D eigenvalue weighted by Crippen LogP contribution is 2.30. The Kier molecular flexibility index (Phi) is 4.03. The summed E-state index contributed by atoms with van der Waals surface area (Å²) in [4.78, 5) is 22.9. The summed E-state index contributed by atoms with van der Waals surface area (Å²) in [6.45, 7) is -0.354. The number of rotatable bonds is 4. The van der Waals surface area contributed by atoms with E-state index in [2.05, 4.69) is 5.32 Å². The van der Waals surface area contributed by atoms with Crippen molar-refractivity contribution in [3.8, 4) is 6.07 Å². The van der Waals surface area contributed by atoms with E-state index in [0.717, 1.165) is 12.8 Å². The topological polar surface area (TPSA) is 79.2 Å². The molecular formula is C13H11ClN2O3. The van der Waals surface area contributed by atoms with Crippen LogP contribution in [0.25, 0.3) is 0 Å². The number of carbonyl (C=O) groups is 2. The van der Waals surface area contributed by atoms with Gasteiger partial charge in [0.25, 0.3) is 5.91 Å². The van der Waals surface area contributed by atoms with E-state index >= 15 is 0 Å². The van der Waals surface area contributed by atoms with Gasteiger partial charge in [-0.05, 0) is 31.0 Å². The monoisotopic (exact) mass is 278 g/mol. The summed E-state index contributed by atoms with van der Waals surface area (Å²) in [5, 5.41) is 11.8. The van der Waals surface area contributed by atoms with Crippen LogP contribution in [0.1, 0.15) is 18.4 Å². The van der Waals surface area contributed by atoms with Crippen molar-refractivity contribution in [2.45, 2.75) is 12.8 Å². The minimum atomic E-state index is -0.493. The van der Waals surface area contributed by atoms with Crippen LogP contribution in [0.5, 0.6) is 0 Å². The van der Waals surface area contributed by atoms with Crippen LogP contribution in [0.2, 0.25) is 5.02 Å². The lowest BCUT2D eigenvalue weighted by molar-refractivity contribution is -0.148. The molecule has 19 heavy (non-hydrogen) atoms. The quantitative estimate of drug-likeness (QED) is 0.856. The number of nitriles is 1. The fraction of sp³-hybridized carbons (Fsp3) is 0.308. The van der Waals surface area contributed by atoms with E-state index in [0.29, 0.717) is 16.3 Å². The van der Waals surface area contributed by atoms with Gasteiger partial charge in [0, 0.05) is 5.02 Å². The highest BCUT2D eigenvalue weighted by molar-refractivity contribution is 6.31. The van der Waals surface area contributed by atoms with E-state index in [1.807, 2.05) is 6.07 Å². The number of ether oxygens (including phenoxy) is 1. The second kappa shape index (κ2) is 5.72. The molecule has 98 valence electrons. The van der Waals surface area contributed by atoms with Gasteiger partial charge in [-0.15, -0.1) is 0 Å². The van der Waals surface area contributed by atoms with Crippen molar-refractivity contribution in [3.05, 3.63) is 28.8 Å². The maximum absolute atomic E-state index is 11.6. The number of amides is 1. The molecule has 0 heterocycles. The summed E-state index contributed by atoms with van der Waals surface area (Å²) in [5.74, 6) is -0.886. The molecule has 1 amide bonds. The largest absolute Gasteiger partial charge is 0.455 e. The molecule has 0 saturated heterocycles. The van der Waals surface area contributed by atoms with Crippen LogP contribution in [0.4, 0.5) is 5.69 Å². The SMILES string of the molecule is N#Cc1ccc(Cl)cc1NC(=O)COC(=O)C1CC1. The van der Waals surface area contributed by atoms with E-state index in [1.54, 1.807) is 6.07 Å². The Morgan fingerprint density at radius 1 is 1.47 bits per heavy atom. The van der Waals surface area contributed by atoms with Crippen LogP contribution in [0.15, 0.2) is 18.2 Å². The molecule has 2 rings (SSSR count). The van der Waals surface area contributed by atoms with Gasteiger partial charge in [0.15, 0.2) is 6.61 Å². The molecule has 0 aromatic heterocycles. The van der Waals surface area contributed by atoms with E-state index in [-0.39, 0.29) is 18.5 Å². The lowest BCUT2D eigenvalue weighted by Crippen LogP contribution is -2.21. The molecule has 1 fully saturated rings. The average Bonchev–Trinajstić information content (AvgIpc) is 3.20. The molecule has 1 aromatic rings. The molecular weight excluding hydrogens is 268 g/mol. The molecule has 0 aliphatic heterocycles. The van der Waals surface area contributed by atoms with Crippen molar-refractivity contribution in [3.63, 3.8) is 0 Å². The third-order valence-corrected chi connectivity index (χ3v) is 2.87. The molecule has 1 N–H and O–H groups in total. The number of benzene rings is 1. The zero-order valence-electron chi connectivity index (χ0n) is 9.98. The fourth-order valence-corrected chi connectivity index (χ4v) is 1.65. The lowest BCUT2D eigenvalue weighted by Gasteiger charge is -2.08. The number of anilines is 1. The molecule has 1 aliphatic carbocycles. The highest BCUT2D eigenvalue weighted by Gasteiger charge is 2.31. The molecule has 0 spiro atoms. The molecule has 0 atom stereocenters. The summed E-state index contributed by atoms with van der Waals surface area (Å²) in [6.07, 6.45) is 1.65. The first-order valence-corrected chi connectivity index (χ1v) is 6.14. The standard InChI is InChI=1S/C13H11ClN2O3/c14-10-4-3-9(6-15)11(5-10)16-12(17)7-19-13(18)8-1-2-8/h3-5,8H,1-2,7H2,(H,16,17). The van der Waals surface area contributed by atoms with E-state index in [1.165, 1.54) is 12.1 Å². The Morgan fingerprint density at radius 2 is 2.21 bits per heavy atom. The number of nitrogens with zero attached hydrogens (tertiary/aromatic N) is 1.